The number of ether oxygens (including phenoxy) is 1. The molecule has 3 aromatic carbocycles. The topological polar surface area (TPSA) is 224 Å². The van der Waals surface area contributed by atoms with Gasteiger partial charge in [-0.15, -0.1) is 0 Å². The van der Waals surface area contributed by atoms with Crippen LogP contribution in [-0.2, 0) is 30.1 Å². The van der Waals surface area contributed by atoms with Gasteiger partial charge in [-0.1, -0.05) is 25.1 Å². The van der Waals surface area contributed by atoms with Crippen molar-refractivity contribution in [3.8, 4) is 5.75 Å². The second-order valence-corrected chi connectivity index (χ2v) is 15.5. The highest BCUT2D eigenvalue weighted by Crippen LogP contribution is 2.38. The van der Waals surface area contributed by atoms with Gasteiger partial charge < -0.3 is 35.8 Å². The van der Waals surface area contributed by atoms with Crippen LogP contribution in [0.2, 0.25) is 0 Å². The van der Waals surface area contributed by atoms with Gasteiger partial charge in [-0.05, 0) is 67.8 Å². The Bertz CT molecular complexity index is 2600. The van der Waals surface area contributed by atoms with Gasteiger partial charge in [-0.25, -0.2) is 4.98 Å². The molecule has 5 N–H and O–H groups in total. The van der Waals surface area contributed by atoms with Crippen molar-refractivity contribution in [3.05, 3.63) is 96.2 Å². The molecule has 66 heavy (non-hydrogen) atoms. The van der Waals surface area contributed by atoms with Crippen molar-refractivity contribution >= 4 is 81.6 Å². The average molecular weight is 911 g/mol. The van der Waals surface area contributed by atoms with Crippen LogP contribution in [0.25, 0.3) is 0 Å². The molecule has 0 spiro atoms. The van der Waals surface area contributed by atoms with Gasteiger partial charge in [-0.3, -0.25) is 43.8 Å². The molecule has 3 aliphatic heterocycles. The summed E-state index contributed by atoms with van der Waals surface area (Å²) in [5, 5.41) is 13.0. The monoisotopic (exact) mass is 910 g/mol. The quantitative estimate of drug-likeness (QED) is 0.0514. The molecule has 2 saturated heterocycles. The summed E-state index contributed by atoms with van der Waals surface area (Å²) in [5.41, 5.74) is 0.847. The van der Waals surface area contributed by atoms with Gasteiger partial charge in [-0.2, -0.15) is 18.2 Å². The van der Waals surface area contributed by atoms with Gasteiger partial charge in [0.25, 0.3) is 11.8 Å². The fraction of sp³-hybridized carbons (Fsp3) is 0.311. The van der Waals surface area contributed by atoms with Crippen LogP contribution in [0.1, 0.15) is 71.2 Å². The van der Waals surface area contributed by atoms with Gasteiger partial charge in [0.2, 0.25) is 35.5 Å². The SMILES string of the molecule is C=CC(=O)Nc1cccc(Nc2nc(Nc3ccc(N4CCN(C(=O)CCCCCC(=O)Nc5cccc6c5C(=O)N(C5CCC(=O)NC5=O)C6=O)CC4)cc3OC)ncc2C(F)(F)F)c1. The summed E-state index contributed by atoms with van der Waals surface area (Å²) in [6, 6.07) is 14.7. The number of carbonyl (C=O) groups is 7. The van der Waals surface area contributed by atoms with Crippen LogP contribution in [-0.4, -0.2) is 100 Å². The van der Waals surface area contributed by atoms with Gasteiger partial charge in [0.05, 0.1) is 29.6 Å². The molecular formula is C45H45F3N10O8. The van der Waals surface area contributed by atoms with Crippen molar-refractivity contribution in [3.63, 3.8) is 0 Å². The standard InChI is InChI=1S/C45H45F3N10O8/c1-3-35(59)50-26-9-7-10-27(23-26)51-40-30(45(46,47)48)25-49-44(55-40)53-31-16-15-28(24-34(31)66-2)56-19-21-57(22-20-56)38(62)14-6-4-5-13-36(60)52-32-12-8-11-29-39(32)43(65)58(42(29)64)33-17-18-37(61)54-41(33)63/h3,7-12,15-16,23-25,33H,1,4-6,13-14,17-22H2,2H3,(H,50,59)(H,52,60)(H,54,61,63)(H2,49,51,53,55). The second kappa shape index (κ2) is 19.9. The number of benzene rings is 3. The first-order chi connectivity index (χ1) is 31.6. The molecule has 1 unspecified atom stereocenters. The molecule has 21 heteroatoms. The normalized spacial score (nSPS) is 16.1. The van der Waals surface area contributed by atoms with Gasteiger partial charge in [0.1, 0.15) is 23.2 Å². The first-order valence-electron chi connectivity index (χ1n) is 21.0. The van der Waals surface area contributed by atoms with Crippen LogP contribution < -0.4 is 36.2 Å². The molecule has 1 aromatic heterocycles. The van der Waals surface area contributed by atoms with Crippen LogP contribution in [0.15, 0.2) is 79.5 Å². The largest absolute Gasteiger partial charge is 0.494 e. The highest BCUT2D eigenvalue weighted by molar-refractivity contribution is 6.26. The van der Waals surface area contributed by atoms with Gasteiger partial charge in [0.15, 0.2) is 0 Å². The van der Waals surface area contributed by atoms with E-state index in [2.05, 4.69) is 48.0 Å². The molecule has 0 saturated carbocycles. The van der Waals surface area contributed by atoms with Crippen molar-refractivity contribution in [2.45, 2.75) is 57.2 Å². The molecule has 4 heterocycles. The van der Waals surface area contributed by atoms with E-state index in [0.29, 0.717) is 75.2 Å². The number of piperazine rings is 1. The third-order valence-electron chi connectivity index (χ3n) is 11.1. The third kappa shape index (κ3) is 10.6. The van der Waals surface area contributed by atoms with E-state index in [0.717, 1.165) is 16.7 Å². The number of imide groups is 2. The van der Waals surface area contributed by atoms with Crippen LogP contribution in [0.5, 0.6) is 5.75 Å². The number of rotatable bonds is 16. The Morgan fingerprint density at radius 1 is 0.879 bits per heavy atom. The van der Waals surface area contributed by atoms with Crippen LogP contribution in [0.3, 0.4) is 0 Å². The summed E-state index contributed by atoms with van der Waals surface area (Å²) >= 11 is 0. The number of hydrogen-bond acceptors (Lipinski definition) is 13. The first kappa shape index (κ1) is 46.2. The van der Waals surface area contributed by atoms with Gasteiger partial charge >= 0.3 is 6.18 Å². The van der Waals surface area contributed by atoms with Crippen molar-refractivity contribution in [1.29, 1.82) is 0 Å². The van der Waals surface area contributed by atoms with E-state index in [1.807, 2.05) is 6.07 Å². The lowest BCUT2D eigenvalue weighted by Gasteiger charge is -2.36. The number of hydrogen-bond donors (Lipinski definition) is 5. The molecule has 18 nitrogen and oxygen atoms in total. The molecule has 7 amide bonds. The maximum Gasteiger partial charge on any atom is 0.421 e. The van der Waals surface area contributed by atoms with Crippen molar-refractivity contribution < 1.29 is 51.5 Å². The van der Waals surface area contributed by atoms with E-state index >= 15 is 0 Å². The zero-order chi connectivity index (χ0) is 47.1. The summed E-state index contributed by atoms with van der Waals surface area (Å²) in [4.78, 5) is 101. The number of fused-ring (bicyclic) bond motifs is 1. The molecule has 2 fully saturated rings. The molecule has 344 valence electrons. The molecule has 3 aliphatic rings. The summed E-state index contributed by atoms with van der Waals surface area (Å²) in [7, 11) is 1.45. The predicted octanol–water partition coefficient (Wildman–Crippen LogP) is 5.75. The van der Waals surface area contributed by atoms with Crippen molar-refractivity contribution in [1.82, 2.24) is 25.1 Å². The zero-order valence-corrected chi connectivity index (χ0v) is 35.6. The van der Waals surface area contributed by atoms with E-state index in [9.17, 15) is 46.7 Å². The number of piperidine rings is 1. The van der Waals surface area contributed by atoms with Crippen LogP contribution in [0.4, 0.5) is 53.4 Å². The van der Waals surface area contributed by atoms with E-state index in [-0.39, 0.29) is 59.5 Å². The molecule has 7 rings (SSSR count). The summed E-state index contributed by atoms with van der Waals surface area (Å²) in [6.45, 7) is 5.37. The number of nitrogens with zero attached hydrogens (tertiary/aromatic N) is 5. The Hall–Kier alpha value is -7.84. The fourth-order valence-electron chi connectivity index (χ4n) is 7.79. The predicted molar refractivity (Wildman–Crippen MR) is 235 cm³/mol. The minimum absolute atomic E-state index is 0.00653. The Balaban J connectivity index is 0.870. The zero-order valence-electron chi connectivity index (χ0n) is 35.6. The molecular weight excluding hydrogens is 866 g/mol. The van der Waals surface area contributed by atoms with Crippen LogP contribution in [0, 0.1) is 0 Å². The molecule has 0 radical (unpaired) electrons. The fourth-order valence-corrected chi connectivity index (χ4v) is 7.79. The van der Waals surface area contributed by atoms with Crippen molar-refractivity contribution in [2.75, 3.05) is 59.5 Å². The Morgan fingerprint density at radius 2 is 1.62 bits per heavy atom. The summed E-state index contributed by atoms with van der Waals surface area (Å²) in [6.07, 6.45) is -1.03. The lowest BCUT2D eigenvalue weighted by molar-refractivity contribution is -0.138. The van der Waals surface area contributed by atoms with E-state index < -0.39 is 53.1 Å². The number of unbranched alkanes of at least 4 members (excludes halogenated alkanes) is 2. The number of halogens is 3. The molecule has 1 atom stereocenters. The Labute approximate surface area is 375 Å². The summed E-state index contributed by atoms with van der Waals surface area (Å²) < 4.78 is 47.6. The first-order valence-corrected chi connectivity index (χ1v) is 21.0. The number of amides is 7. The Kier molecular flexibility index (Phi) is 13.9. The molecule has 0 bridgehead atoms. The second-order valence-electron chi connectivity index (χ2n) is 15.5. The highest BCUT2D eigenvalue weighted by Gasteiger charge is 2.46. The highest BCUT2D eigenvalue weighted by atomic mass is 19.4. The molecule has 4 aromatic rings. The number of aromatic nitrogens is 2. The van der Waals surface area contributed by atoms with Crippen LogP contribution >= 0.6 is 0 Å². The Morgan fingerprint density at radius 3 is 2.35 bits per heavy atom. The number of carbonyl (C=O) groups excluding carboxylic acids is 7. The maximum atomic E-state index is 14.0. The number of methoxy groups -OCH3 is 1. The summed E-state index contributed by atoms with van der Waals surface area (Å²) in [5.74, 6) is -3.77. The minimum Gasteiger partial charge on any atom is -0.494 e. The molecule has 0 aliphatic carbocycles. The smallest absolute Gasteiger partial charge is 0.421 e. The van der Waals surface area contributed by atoms with E-state index in [1.165, 1.54) is 37.4 Å². The number of nitrogens with one attached hydrogen (secondary N) is 5. The maximum absolute atomic E-state index is 14.0. The third-order valence-corrected chi connectivity index (χ3v) is 11.1. The minimum atomic E-state index is -4.78. The van der Waals surface area contributed by atoms with E-state index in [1.54, 1.807) is 29.2 Å². The lowest BCUT2D eigenvalue weighted by atomic mass is 10.0. The lowest BCUT2D eigenvalue weighted by Crippen LogP contribution is -2.54. The van der Waals surface area contributed by atoms with Crippen molar-refractivity contribution in [2.24, 2.45) is 0 Å². The number of anilines is 7. The van der Waals surface area contributed by atoms with E-state index in [4.69, 9.17) is 4.74 Å². The average Bonchev–Trinajstić information content (AvgIpc) is 3.54. The number of alkyl halides is 3. The van der Waals surface area contributed by atoms with Gasteiger partial charge in [0, 0.05) is 74.8 Å².